The van der Waals surface area contributed by atoms with Gasteiger partial charge < -0.3 is 15.6 Å². The lowest BCUT2D eigenvalue weighted by Crippen LogP contribution is -2.33. The van der Waals surface area contributed by atoms with Crippen LogP contribution in [0.5, 0.6) is 5.75 Å². The van der Waals surface area contributed by atoms with E-state index in [4.69, 9.17) is 10.5 Å². The number of unbranched alkanes of at least 4 members (excludes halogenated alkanes) is 1. The molecule has 0 heterocycles. The smallest absolute Gasteiger partial charge is 0.119 e. The van der Waals surface area contributed by atoms with Crippen LogP contribution in [-0.4, -0.2) is 23.9 Å². The number of hydrogen-bond donors (Lipinski definition) is 2. The first kappa shape index (κ1) is 14.0. The maximum atomic E-state index is 9.70. The van der Waals surface area contributed by atoms with Crippen molar-refractivity contribution in [3.8, 4) is 5.75 Å². The van der Waals surface area contributed by atoms with E-state index >= 15 is 0 Å². The maximum Gasteiger partial charge on any atom is 0.119 e. The van der Waals surface area contributed by atoms with E-state index in [0.29, 0.717) is 13.2 Å². The fourth-order valence-corrected chi connectivity index (χ4v) is 1.53. The highest BCUT2D eigenvalue weighted by Crippen LogP contribution is 2.14. The van der Waals surface area contributed by atoms with Gasteiger partial charge in [-0.25, -0.2) is 0 Å². The number of benzene rings is 1. The minimum atomic E-state index is -0.732. The van der Waals surface area contributed by atoms with Crippen molar-refractivity contribution in [1.29, 1.82) is 0 Å². The van der Waals surface area contributed by atoms with Crippen LogP contribution >= 0.6 is 0 Å². The van der Waals surface area contributed by atoms with Crippen molar-refractivity contribution in [3.63, 3.8) is 0 Å². The summed E-state index contributed by atoms with van der Waals surface area (Å²) >= 11 is 0. The highest BCUT2D eigenvalue weighted by molar-refractivity contribution is 5.26. The lowest BCUT2D eigenvalue weighted by atomic mass is 10.00. The summed E-state index contributed by atoms with van der Waals surface area (Å²) < 4.78 is 5.60. The van der Waals surface area contributed by atoms with Crippen LogP contribution in [0.25, 0.3) is 0 Å². The summed E-state index contributed by atoms with van der Waals surface area (Å²) in [6, 6.07) is 8.03. The second-order valence-corrected chi connectivity index (χ2v) is 4.82. The number of aliphatic hydroxyl groups is 1. The van der Waals surface area contributed by atoms with Gasteiger partial charge in [-0.05, 0) is 45.2 Å². The molecule has 96 valence electrons. The molecule has 0 bridgehead atoms. The van der Waals surface area contributed by atoms with Gasteiger partial charge in [0.25, 0.3) is 0 Å². The first-order valence-electron chi connectivity index (χ1n) is 6.15. The molecule has 1 aromatic carbocycles. The zero-order valence-electron chi connectivity index (χ0n) is 10.8. The third kappa shape index (κ3) is 5.71. The number of hydrogen-bond acceptors (Lipinski definition) is 3. The van der Waals surface area contributed by atoms with Crippen molar-refractivity contribution < 1.29 is 9.84 Å². The Labute approximate surface area is 104 Å². The van der Waals surface area contributed by atoms with Crippen LogP contribution in [0, 0.1) is 6.92 Å². The van der Waals surface area contributed by atoms with E-state index in [-0.39, 0.29) is 0 Å². The predicted octanol–water partition coefficient (Wildman–Crippen LogP) is 2.25. The van der Waals surface area contributed by atoms with Gasteiger partial charge in [-0.1, -0.05) is 17.7 Å². The van der Waals surface area contributed by atoms with Crippen molar-refractivity contribution in [1.82, 2.24) is 0 Å². The summed E-state index contributed by atoms with van der Waals surface area (Å²) in [6.07, 6.45) is 2.58. The Bertz CT molecular complexity index is 319. The first-order chi connectivity index (χ1) is 8.03. The van der Waals surface area contributed by atoms with Gasteiger partial charge in [-0.2, -0.15) is 0 Å². The number of aryl methyl sites for hydroxylation is 1. The van der Waals surface area contributed by atoms with Crippen molar-refractivity contribution in [3.05, 3.63) is 29.8 Å². The fourth-order valence-electron chi connectivity index (χ4n) is 1.53. The molecule has 0 aliphatic heterocycles. The summed E-state index contributed by atoms with van der Waals surface area (Å²) in [5, 5.41) is 9.70. The lowest BCUT2D eigenvalue weighted by molar-refractivity contribution is 0.0562. The molecule has 0 spiro atoms. The second-order valence-electron chi connectivity index (χ2n) is 4.82. The Morgan fingerprint density at radius 1 is 1.24 bits per heavy atom. The summed E-state index contributed by atoms with van der Waals surface area (Å²) in [5.41, 5.74) is 5.95. The van der Waals surface area contributed by atoms with E-state index in [1.54, 1.807) is 6.92 Å². The number of rotatable bonds is 7. The monoisotopic (exact) mass is 237 g/mol. The molecule has 0 amide bonds. The normalized spacial score (nSPS) is 14.4. The third-order valence-corrected chi connectivity index (χ3v) is 2.84. The summed E-state index contributed by atoms with van der Waals surface area (Å²) in [7, 11) is 0. The summed E-state index contributed by atoms with van der Waals surface area (Å²) in [4.78, 5) is 0. The maximum absolute atomic E-state index is 9.70. The zero-order valence-corrected chi connectivity index (χ0v) is 10.8. The molecule has 0 fully saturated rings. The average molecular weight is 237 g/mol. The number of ether oxygens (including phenoxy) is 1. The molecule has 1 atom stereocenters. The SMILES string of the molecule is Cc1ccc(OCCCCC(C)(O)CN)cc1. The molecule has 1 rings (SSSR count). The highest BCUT2D eigenvalue weighted by Gasteiger charge is 2.16. The molecule has 3 nitrogen and oxygen atoms in total. The summed E-state index contributed by atoms with van der Waals surface area (Å²) in [5.74, 6) is 0.904. The van der Waals surface area contributed by atoms with Crippen LogP contribution in [0.3, 0.4) is 0 Å². The van der Waals surface area contributed by atoms with Gasteiger partial charge in [-0.15, -0.1) is 0 Å². The molecular formula is C14H23NO2. The second kappa shape index (κ2) is 6.62. The van der Waals surface area contributed by atoms with Crippen molar-refractivity contribution in [2.24, 2.45) is 5.73 Å². The molecule has 0 aromatic heterocycles. The van der Waals surface area contributed by atoms with E-state index < -0.39 is 5.60 Å². The molecule has 0 saturated heterocycles. The van der Waals surface area contributed by atoms with Crippen LogP contribution < -0.4 is 10.5 Å². The van der Waals surface area contributed by atoms with E-state index in [0.717, 1.165) is 25.0 Å². The Kier molecular flexibility index (Phi) is 5.45. The van der Waals surface area contributed by atoms with E-state index in [1.165, 1.54) is 5.56 Å². The number of nitrogens with two attached hydrogens (primary N) is 1. The Morgan fingerprint density at radius 3 is 2.47 bits per heavy atom. The van der Waals surface area contributed by atoms with E-state index in [9.17, 15) is 5.11 Å². The van der Waals surface area contributed by atoms with Crippen LogP contribution in [0.2, 0.25) is 0 Å². The van der Waals surface area contributed by atoms with Gasteiger partial charge >= 0.3 is 0 Å². The third-order valence-electron chi connectivity index (χ3n) is 2.84. The molecule has 1 aromatic rings. The minimum Gasteiger partial charge on any atom is -0.494 e. The Hall–Kier alpha value is -1.06. The quantitative estimate of drug-likeness (QED) is 0.715. The largest absolute Gasteiger partial charge is 0.494 e. The molecule has 17 heavy (non-hydrogen) atoms. The van der Waals surface area contributed by atoms with Crippen LogP contribution in [-0.2, 0) is 0 Å². The van der Waals surface area contributed by atoms with E-state index in [1.807, 2.05) is 24.3 Å². The molecule has 3 heteroatoms. The molecular weight excluding hydrogens is 214 g/mol. The molecule has 0 saturated carbocycles. The Morgan fingerprint density at radius 2 is 1.88 bits per heavy atom. The van der Waals surface area contributed by atoms with Crippen molar-refractivity contribution in [2.75, 3.05) is 13.2 Å². The van der Waals surface area contributed by atoms with Gasteiger partial charge in [0.2, 0.25) is 0 Å². The molecule has 1 unspecified atom stereocenters. The zero-order chi connectivity index (χ0) is 12.7. The predicted molar refractivity (Wildman–Crippen MR) is 70.2 cm³/mol. The molecule has 3 N–H and O–H groups in total. The van der Waals surface area contributed by atoms with Gasteiger partial charge in [0.15, 0.2) is 0 Å². The van der Waals surface area contributed by atoms with Crippen LogP contribution in [0.15, 0.2) is 24.3 Å². The van der Waals surface area contributed by atoms with E-state index in [2.05, 4.69) is 6.92 Å². The topological polar surface area (TPSA) is 55.5 Å². The molecule has 0 aliphatic carbocycles. The highest BCUT2D eigenvalue weighted by atomic mass is 16.5. The van der Waals surface area contributed by atoms with Gasteiger partial charge in [0.1, 0.15) is 5.75 Å². The molecule has 0 radical (unpaired) electrons. The van der Waals surface area contributed by atoms with Gasteiger partial charge in [-0.3, -0.25) is 0 Å². The van der Waals surface area contributed by atoms with Crippen molar-refractivity contribution in [2.45, 2.75) is 38.7 Å². The first-order valence-corrected chi connectivity index (χ1v) is 6.15. The van der Waals surface area contributed by atoms with Gasteiger partial charge in [0, 0.05) is 6.54 Å². The minimum absolute atomic E-state index is 0.311. The molecule has 0 aliphatic rings. The van der Waals surface area contributed by atoms with Gasteiger partial charge in [0.05, 0.1) is 12.2 Å². The average Bonchev–Trinajstić information content (AvgIpc) is 2.31. The van der Waals surface area contributed by atoms with Crippen molar-refractivity contribution >= 4 is 0 Å². The Balaban J connectivity index is 2.14. The van der Waals surface area contributed by atoms with Crippen LogP contribution in [0.4, 0.5) is 0 Å². The van der Waals surface area contributed by atoms with Crippen LogP contribution in [0.1, 0.15) is 31.7 Å². The fraction of sp³-hybridized carbons (Fsp3) is 0.571. The standard InChI is InChI=1S/C14H23NO2/c1-12-5-7-13(8-6-12)17-10-4-3-9-14(2,16)11-15/h5-8,16H,3-4,9-11,15H2,1-2H3. The summed E-state index contributed by atoms with van der Waals surface area (Å²) in [6.45, 7) is 4.82. The lowest BCUT2D eigenvalue weighted by Gasteiger charge is -2.20.